The maximum atomic E-state index is 9.81. The first-order valence-corrected chi connectivity index (χ1v) is 2.92. The van der Waals surface area contributed by atoms with E-state index in [-0.39, 0.29) is 0 Å². The van der Waals surface area contributed by atoms with Gasteiger partial charge in [-0.25, -0.2) is 0 Å². The van der Waals surface area contributed by atoms with Gasteiger partial charge in [-0.15, -0.1) is 0 Å². The molecule has 1 heteroatoms. The van der Waals surface area contributed by atoms with Crippen LogP contribution >= 0.6 is 0 Å². The van der Waals surface area contributed by atoms with Crippen molar-refractivity contribution in [2.24, 2.45) is 0 Å². The molecule has 0 aliphatic carbocycles. The Bertz CT molecular complexity index is 92.6. The number of rotatable bonds is 3. The molecule has 8 heavy (non-hydrogen) atoms. The summed E-state index contributed by atoms with van der Waals surface area (Å²) in [6.45, 7) is 4.07. The van der Waals surface area contributed by atoms with Crippen LogP contribution in [0.5, 0.6) is 0 Å². The zero-order chi connectivity index (χ0) is 6.41. The smallest absolute Gasteiger partial charge is 0.142 e. The van der Waals surface area contributed by atoms with Gasteiger partial charge in [-0.3, -0.25) is 4.79 Å². The van der Waals surface area contributed by atoms with Crippen LogP contribution in [0.15, 0.2) is 11.6 Å². The van der Waals surface area contributed by atoms with Gasteiger partial charge in [0, 0.05) is 0 Å². The van der Waals surface area contributed by atoms with Gasteiger partial charge in [0.15, 0.2) is 0 Å². The minimum absolute atomic E-state index is 0.838. The number of allylic oxidation sites excluding steroid dienone is 2. The second-order valence-electron chi connectivity index (χ2n) is 1.90. The molecule has 0 unspecified atom stereocenters. The van der Waals surface area contributed by atoms with E-state index in [0.29, 0.717) is 0 Å². The molecular formula is C7H12O. The number of hydrogen-bond donors (Lipinski definition) is 0. The highest BCUT2D eigenvalue weighted by molar-refractivity contribution is 5.65. The van der Waals surface area contributed by atoms with Gasteiger partial charge in [0.1, 0.15) is 6.29 Å². The predicted octanol–water partition coefficient (Wildman–Crippen LogP) is 1.93. The molecule has 0 aromatic rings. The summed E-state index contributed by atoms with van der Waals surface area (Å²) < 4.78 is 0. The van der Waals surface area contributed by atoms with Crippen molar-refractivity contribution < 1.29 is 4.79 Å². The molecule has 0 amide bonds. The highest BCUT2D eigenvalue weighted by atomic mass is 16.1. The molecule has 0 aliphatic heterocycles. The van der Waals surface area contributed by atoms with Crippen LogP contribution in [-0.2, 0) is 4.79 Å². The summed E-state index contributed by atoms with van der Waals surface area (Å²) in [5.41, 5.74) is 1.17. The first kappa shape index (κ1) is 7.41. The summed E-state index contributed by atoms with van der Waals surface area (Å²) in [6, 6.07) is 0. The fraction of sp³-hybridized carbons (Fsp3) is 0.571. The molecule has 0 aliphatic rings. The van der Waals surface area contributed by atoms with E-state index < -0.39 is 0 Å². The van der Waals surface area contributed by atoms with E-state index in [4.69, 9.17) is 0 Å². The number of carbonyl (C=O) groups is 1. The van der Waals surface area contributed by atoms with Gasteiger partial charge >= 0.3 is 0 Å². The van der Waals surface area contributed by atoms with Crippen molar-refractivity contribution in [2.75, 3.05) is 0 Å². The first-order valence-electron chi connectivity index (χ1n) is 2.92. The third-order valence-corrected chi connectivity index (χ3v) is 0.997. The van der Waals surface area contributed by atoms with Crippen LogP contribution < -0.4 is 0 Å². The molecular weight excluding hydrogens is 100 g/mol. The second-order valence-corrected chi connectivity index (χ2v) is 1.90. The molecule has 46 valence electrons. The summed E-state index contributed by atoms with van der Waals surface area (Å²) >= 11 is 0. The molecule has 0 rings (SSSR count). The normalized spacial score (nSPS) is 11.5. The quantitative estimate of drug-likeness (QED) is 0.402. The van der Waals surface area contributed by atoms with Gasteiger partial charge in [0.05, 0.1) is 0 Å². The molecule has 0 bridgehead atoms. The molecule has 0 heterocycles. The van der Waals surface area contributed by atoms with E-state index in [0.717, 1.165) is 19.1 Å². The lowest BCUT2D eigenvalue weighted by Crippen LogP contribution is -1.74. The molecule has 0 saturated carbocycles. The van der Waals surface area contributed by atoms with Crippen molar-refractivity contribution in [3.8, 4) is 0 Å². The average Bonchev–Trinajstić information content (AvgIpc) is 1.68. The highest BCUT2D eigenvalue weighted by Gasteiger charge is 1.82. The summed E-state index contributed by atoms with van der Waals surface area (Å²) in [5.74, 6) is 0. The van der Waals surface area contributed by atoms with Crippen LogP contribution in [0.25, 0.3) is 0 Å². The maximum absolute atomic E-state index is 9.81. The van der Waals surface area contributed by atoms with Crippen LogP contribution in [-0.4, -0.2) is 6.29 Å². The van der Waals surface area contributed by atoms with Crippen molar-refractivity contribution >= 4 is 6.29 Å². The first-order chi connectivity index (χ1) is 3.81. The summed E-state index contributed by atoms with van der Waals surface area (Å²) in [7, 11) is 0. The van der Waals surface area contributed by atoms with Crippen molar-refractivity contribution in [1.29, 1.82) is 0 Å². The van der Waals surface area contributed by atoms with Gasteiger partial charge in [0.2, 0.25) is 0 Å². The second kappa shape index (κ2) is 4.57. The van der Waals surface area contributed by atoms with E-state index in [1.807, 2.05) is 6.92 Å². The largest absolute Gasteiger partial charge is 0.299 e. The van der Waals surface area contributed by atoms with E-state index in [9.17, 15) is 4.79 Å². The summed E-state index contributed by atoms with van der Waals surface area (Å²) in [4.78, 5) is 9.81. The van der Waals surface area contributed by atoms with Gasteiger partial charge < -0.3 is 0 Å². The van der Waals surface area contributed by atoms with Crippen LogP contribution in [0.1, 0.15) is 26.7 Å². The Kier molecular flexibility index (Phi) is 4.23. The molecule has 0 N–H and O–H groups in total. The Morgan fingerprint density at radius 2 is 2.25 bits per heavy atom. The minimum Gasteiger partial charge on any atom is -0.299 e. The lowest BCUT2D eigenvalue weighted by molar-refractivity contribution is -0.104. The van der Waals surface area contributed by atoms with Crippen LogP contribution in [0, 0.1) is 0 Å². The third kappa shape index (κ3) is 3.59. The van der Waals surface area contributed by atoms with Crippen LogP contribution in [0.2, 0.25) is 0 Å². The third-order valence-electron chi connectivity index (χ3n) is 0.997. The average molecular weight is 112 g/mol. The maximum Gasteiger partial charge on any atom is 0.142 e. The molecule has 0 fully saturated rings. The van der Waals surface area contributed by atoms with Crippen LogP contribution in [0.4, 0.5) is 0 Å². The Labute approximate surface area is 50.4 Å². The lowest BCUT2D eigenvalue weighted by atomic mass is 10.2. The van der Waals surface area contributed by atoms with Gasteiger partial charge in [-0.1, -0.05) is 18.9 Å². The monoisotopic (exact) mass is 112 g/mol. The summed E-state index contributed by atoms with van der Waals surface area (Å²) in [5, 5.41) is 0. The molecule has 0 radical (unpaired) electrons. The Morgan fingerprint density at radius 3 is 2.62 bits per heavy atom. The van der Waals surface area contributed by atoms with Gasteiger partial charge in [0.25, 0.3) is 0 Å². The van der Waals surface area contributed by atoms with Crippen molar-refractivity contribution in [3.05, 3.63) is 11.6 Å². The number of aldehydes is 1. The summed E-state index contributed by atoms with van der Waals surface area (Å²) in [6.07, 6.45) is 4.61. The van der Waals surface area contributed by atoms with Crippen molar-refractivity contribution in [3.63, 3.8) is 0 Å². The number of carbonyl (C=O) groups excluding carboxylic acids is 1. The fourth-order valence-electron chi connectivity index (χ4n) is 0.594. The topological polar surface area (TPSA) is 17.1 Å². The van der Waals surface area contributed by atoms with E-state index in [1.165, 1.54) is 5.57 Å². The number of hydrogen-bond acceptors (Lipinski definition) is 1. The Morgan fingerprint density at radius 1 is 1.62 bits per heavy atom. The molecule has 0 aromatic carbocycles. The molecule has 0 aromatic heterocycles. The standard InChI is InChI=1S/C7H12O/c1-3-4-7(2)5-6-8/h5-6H,3-4H2,1-2H3/b7-5-. The molecule has 0 atom stereocenters. The predicted molar refractivity (Wildman–Crippen MR) is 34.7 cm³/mol. The molecule has 1 nitrogen and oxygen atoms in total. The van der Waals surface area contributed by atoms with Crippen molar-refractivity contribution in [2.45, 2.75) is 26.7 Å². The Balaban J connectivity index is 3.44. The van der Waals surface area contributed by atoms with E-state index in [2.05, 4.69) is 6.92 Å². The lowest BCUT2D eigenvalue weighted by Gasteiger charge is -1.90. The minimum atomic E-state index is 0.838. The fourth-order valence-corrected chi connectivity index (χ4v) is 0.594. The Hall–Kier alpha value is -0.590. The van der Waals surface area contributed by atoms with E-state index >= 15 is 0 Å². The van der Waals surface area contributed by atoms with Gasteiger partial charge in [-0.2, -0.15) is 0 Å². The van der Waals surface area contributed by atoms with Crippen LogP contribution in [0.3, 0.4) is 0 Å². The zero-order valence-electron chi connectivity index (χ0n) is 5.48. The highest BCUT2D eigenvalue weighted by Crippen LogP contribution is 2.00. The molecule has 0 spiro atoms. The van der Waals surface area contributed by atoms with E-state index in [1.54, 1.807) is 6.08 Å². The van der Waals surface area contributed by atoms with Crippen molar-refractivity contribution in [1.82, 2.24) is 0 Å². The molecule has 0 saturated heterocycles. The van der Waals surface area contributed by atoms with Gasteiger partial charge in [-0.05, 0) is 19.4 Å². The SMILES string of the molecule is CCC/C(C)=C\C=O. The zero-order valence-corrected chi connectivity index (χ0v) is 5.48.